The Labute approximate surface area is 99.5 Å². The molecule has 0 atom stereocenters. The zero-order valence-electron chi connectivity index (χ0n) is 8.59. The Morgan fingerprint density at radius 2 is 1.94 bits per heavy atom. The van der Waals surface area contributed by atoms with Crippen molar-refractivity contribution in [2.75, 3.05) is 0 Å². The monoisotopic (exact) mass is 237 g/mol. The molecular formula is C12H12ClNO2. The molecule has 0 spiro atoms. The fourth-order valence-electron chi connectivity index (χ4n) is 1.48. The fraction of sp³-hybridized carbons (Fsp3) is 0.167. The summed E-state index contributed by atoms with van der Waals surface area (Å²) in [6, 6.07) is 11.7. The molecule has 0 amide bonds. The van der Waals surface area contributed by atoms with Crippen molar-refractivity contribution in [1.82, 2.24) is 4.98 Å². The van der Waals surface area contributed by atoms with Crippen LogP contribution in [0.4, 0.5) is 0 Å². The number of aromatic nitrogens is 1. The van der Waals surface area contributed by atoms with Crippen LogP contribution in [-0.4, -0.2) is 16.1 Å². The van der Waals surface area contributed by atoms with Crippen molar-refractivity contribution in [3.8, 4) is 0 Å². The minimum atomic E-state index is -0.787. The molecule has 1 N–H and O–H groups in total. The Kier molecular flexibility index (Phi) is 4.26. The number of hydrogen-bond donors (Lipinski definition) is 1. The molecule has 0 radical (unpaired) electrons. The van der Waals surface area contributed by atoms with Gasteiger partial charge in [0.15, 0.2) is 0 Å². The van der Waals surface area contributed by atoms with Crippen LogP contribution in [0, 0.1) is 0 Å². The normalized spacial score (nSPS) is 9.75. The van der Waals surface area contributed by atoms with Gasteiger partial charge in [-0.05, 0) is 12.1 Å². The van der Waals surface area contributed by atoms with Crippen LogP contribution in [0.5, 0.6) is 0 Å². The number of aryl methyl sites for hydroxylation is 1. The number of hydrogen-bond acceptors (Lipinski definition) is 2. The molecule has 0 unspecified atom stereocenters. The van der Waals surface area contributed by atoms with Crippen molar-refractivity contribution >= 4 is 29.3 Å². The van der Waals surface area contributed by atoms with Crippen molar-refractivity contribution in [3.63, 3.8) is 0 Å². The van der Waals surface area contributed by atoms with Gasteiger partial charge in [-0.1, -0.05) is 24.3 Å². The van der Waals surface area contributed by atoms with Crippen molar-refractivity contribution in [3.05, 3.63) is 42.1 Å². The highest BCUT2D eigenvalue weighted by atomic mass is 35.5. The summed E-state index contributed by atoms with van der Waals surface area (Å²) < 4.78 is 0. The number of rotatable bonds is 3. The molecule has 2 rings (SSSR count). The smallest absolute Gasteiger partial charge is 0.303 e. The summed E-state index contributed by atoms with van der Waals surface area (Å²) in [6.07, 6.45) is 0.617. The predicted molar refractivity (Wildman–Crippen MR) is 64.9 cm³/mol. The van der Waals surface area contributed by atoms with Crippen LogP contribution >= 0.6 is 12.4 Å². The molecule has 1 aromatic heterocycles. The molecule has 1 heterocycles. The van der Waals surface area contributed by atoms with Crippen LogP contribution in [0.2, 0.25) is 0 Å². The van der Waals surface area contributed by atoms with E-state index in [4.69, 9.17) is 5.11 Å². The molecule has 2 aromatic rings. The number of carbonyl (C=O) groups is 1. The van der Waals surface area contributed by atoms with Gasteiger partial charge >= 0.3 is 5.97 Å². The lowest BCUT2D eigenvalue weighted by molar-refractivity contribution is -0.136. The molecule has 0 aliphatic carbocycles. The lowest BCUT2D eigenvalue weighted by Gasteiger charge is -2.00. The second-order valence-corrected chi connectivity index (χ2v) is 3.39. The van der Waals surface area contributed by atoms with Gasteiger partial charge in [-0.25, -0.2) is 0 Å². The molecule has 0 saturated heterocycles. The summed E-state index contributed by atoms with van der Waals surface area (Å²) in [5.74, 6) is -0.787. The van der Waals surface area contributed by atoms with E-state index in [1.54, 1.807) is 0 Å². The second kappa shape index (κ2) is 5.47. The number of carboxylic acid groups (broad SMARTS) is 1. The first kappa shape index (κ1) is 12.5. The van der Waals surface area contributed by atoms with E-state index in [9.17, 15) is 4.79 Å². The van der Waals surface area contributed by atoms with Crippen LogP contribution in [0.1, 0.15) is 12.1 Å². The largest absolute Gasteiger partial charge is 0.481 e. The van der Waals surface area contributed by atoms with E-state index < -0.39 is 5.97 Å². The van der Waals surface area contributed by atoms with Gasteiger partial charge in [0.25, 0.3) is 0 Å². The van der Waals surface area contributed by atoms with Gasteiger partial charge in [-0.3, -0.25) is 9.78 Å². The van der Waals surface area contributed by atoms with Crippen molar-refractivity contribution in [2.45, 2.75) is 12.8 Å². The van der Waals surface area contributed by atoms with Crippen molar-refractivity contribution in [1.29, 1.82) is 0 Å². The summed E-state index contributed by atoms with van der Waals surface area (Å²) in [4.78, 5) is 14.8. The lowest BCUT2D eigenvalue weighted by atomic mass is 10.1. The molecule has 0 bridgehead atoms. The van der Waals surface area contributed by atoms with Crippen LogP contribution in [-0.2, 0) is 11.2 Å². The maximum atomic E-state index is 10.4. The number of benzene rings is 1. The van der Waals surface area contributed by atoms with E-state index in [2.05, 4.69) is 4.98 Å². The van der Waals surface area contributed by atoms with Crippen LogP contribution < -0.4 is 0 Å². The van der Waals surface area contributed by atoms with Crippen molar-refractivity contribution < 1.29 is 9.90 Å². The highest BCUT2D eigenvalue weighted by Crippen LogP contribution is 2.12. The van der Waals surface area contributed by atoms with Crippen LogP contribution in [0.15, 0.2) is 36.4 Å². The summed E-state index contributed by atoms with van der Waals surface area (Å²) in [7, 11) is 0. The molecule has 0 aliphatic rings. The number of para-hydroxylation sites is 1. The Morgan fingerprint density at radius 1 is 1.19 bits per heavy atom. The molecule has 0 fully saturated rings. The number of halogens is 1. The summed E-state index contributed by atoms with van der Waals surface area (Å²) in [5, 5.41) is 9.64. The number of aliphatic carboxylic acids is 1. The number of nitrogens with zero attached hydrogens (tertiary/aromatic N) is 1. The van der Waals surface area contributed by atoms with Gasteiger partial charge < -0.3 is 5.11 Å². The quantitative estimate of drug-likeness (QED) is 0.893. The highest BCUT2D eigenvalue weighted by molar-refractivity contribution is 5.85. The van der Waals surface area contributed by atoms with E-state index in [0.717, 1.165) is 16.6 Å². The Morgan fingerprint density at radius 3 is 2.69 bits per heavy atom. The predicted octanol–water partition coefficient (Wildman–Crippen LogP) is 2.67. The molecule has 0 aliphatic heterocycles. The van der Waals surface area contributed by atoms with E-state index in [1.807, 2.05) is 36.4 Å². The Bertz CT molecular complexity index is 499. The molecule has 0 saturated carbocycles. The minimum absolute atomic E-state index is 0. The maximum absolute atomic E-state index is 10.4. The standard InChI is InChI=1S/C12H11NO2.ClH/c14-12(15)8-7-10-6-5-9-3-1-2-4-11(9)13-10;/h1-6H,7-8H2,(H,14,15);1H. The summed E-state index contributed by atoms with van der Waals surface area (Å²) in [6.45, 7) is 0. The van der Waals surface area contributed by atoms with E-state index in [-0.39, 0.29) is 18.8 Å². The number of carboxylic acids is 1. The SMILES string of the molecule is Cl.O=C(O)CCc1ccc2ccccc2n1. The van der Waals surface area contributed by atoms with Gasteiger partial charge in [-0.15, -0.1) is 12.4 Å². The van der Waals surface area contributed by atoms with Crippen molar-refractivity contribution in [2.24, 2.45) is 0 Å². The number of fused-ring (bicyclic) bond motifs is 1. The highest BCUT2D eigenvalue weighted by Gasteiger charge is 2.01. The maximum Gasteiger partial charge on any atom is 0.303 e. The Balaban J connectivity index is 0.00000128. The lowest BCUT2D eigenvalue weighted by Crippen LogP contribution is -1.99. The Hall–Kier alpha value is -1.61. The van der Waals surface area contributed by atoms with Crippen LogP contribution in [0.3, 0.4) is 0 Å². The molecule has 16 heavy (non-hydrogen) atoms. The van der Waals surface area contributed by atoms with Gasteiger partial charge in [0, 0.05) is 17.5 Å². The fourth-order valence-corrected chi connectivity index (χ4v) is 1.48. The molecular weight excluding hydrogens is 226 g/mol. The first-order valence-electron chi connectivity index (χ1n) is 4.82. The minimum Gasteiger partial charge on any atom is -0.481 e. The average Bonchev–Trinajstić information content (AvgIpc) is 2.26. The third-order valence-corrected chi connectivity index (χ3v) is 2.25. The van der Waals surface area contributed by atoms with E-state index in [0.29, 0.717) is 6.42 Å². The third-order valence-electron chi connectivity index (χ3n) is 2.25. The molecule has 3 nitrogen and oxygen atoms in total. The van der Waals surface area contributed by atoms with E-state index in [1.165, 1.54) is 0 Å². The van der Waals surface area contributed by atoms with Gasteiger partial charge in [0.05, 0.1) is 11.9 Å². The third kappa shape index (κ3) is 2.94. The van der Waals surface area contributed by atoms with Gasteiger partial charge in [0.2, 0.25) is 0 Å². The molecule has 4 heteroatoms. The summed E-state index contributed by atoms with van der Waals surface area (Å²) >= 11 is 0. The number of pyridine rings is 1. The zero-order chi connectivity index (χ0) is 10.7. The second-order valence-electron chi connectivity index (χ2n) is 3.39. The van der Waals surface area contributed by atoms with E-state index >= 15 is 0 Å². The molecule has 84 valence electrons. The topological polar surface area (TPSA) is 50.2 Å². The van der Waals surface area contributed by atoms with Gasteiger partial charge in [-0.2, -0.15) is 0 Å². The average molecular weight is 238 g/mol. The first-order chi connectivity index (χ1) is 7.25. The van der Waals surface area contributed by atoms with Crippen LogP contribution in [0.25, 0.3) is 10.9 Å². The molecule has 1 aromatic carbocycles. The zero-order valence-corrected chi connectivity index (χ0v) is 9.41. The first-order valence-corrected chi connectivity index (χ1v) is 4.82. The summed E-state index contributed by atoms with van der Waals surface area (Å²) in [5.41, 5.74) is 1.75. The van der Waals surface area contributed by atoms with Gasteiger partial charge in [0.1, 0.15) is 0 Å².